The second-order valence-corrected chi connectivity index (χ2v) is 9.61. The lowest BCUT2D eigenvalue weighted by Crippen LogP contribution is -2.15. The van der Waals surface area contributed by atoms with E-state index < -0.39 is 0 Å². The van der Waals surface area contributed by atoms with Crippen molar-refractivity contribution in [2.75, 3.05) is 11.1 Å². The Labute approximate surface area is 196 Å². The summed E-state index contributed by atoms with van der Waals surface area (Å²) in [6.45, 7) is 9.00. The average Bonchev–Trinajstić information content (AvgIpc) is 3.38. The Kier molecular flexibility index (Phi) is 6.77. The summed E-state index contributed by atoms with van der Waals surface area (Å²) >= 11 is 3.13. The maximum absolute atomic E-state index is 12.6. The van der Waals surface area contributed by atoms with Crippen molar-refractivity contribution in [1.29, 1.82) is 0 Å². The molecule has 0 saturated carbocycles. The third kappa shape index (κ3) is 4.49. The first-order valence-corrected chi connectivity index (χ1v) is 12.4. The van der Waals surface area contributed by atoms with Crippen molar-refractivity contribution in [3.8, 4) is 22.5 Å². The summed E-state index contributed by atoms with van der Waals surface area (Å²) in [5.74, 6) is 1.07. The van der Waals surface area contributed by atoms with Crippen LogP contribution in [-0.4, -0.2) is 26.4 Å². The zero-order valence-electron chi connectivity index (χ0n) is 18.7. The van der Waals surface area contributed by atoms with Gasteiger partial charge in [0.15, 0.2) is 11.0 Å². The summed E-state index contributed by atoms with van der Waals surface area (Å²) in [6, 6.07) is 16.3. The fraction of sp³-hybridized carbons (Fsp3) is 0.240. The molecule has 4 rings (SSSR count). The first-order valence-electron chi connectivity index (χ1n) is 10.6. The summed E-state index contributed by atoms with van der Waals surface area (Å²) in [6.07, 6.45) is 0. The van der Waals surface area contributed by atoms with E-state index in [0.29, 0.717) is 0 Å². The number of nitrogens with one attached hydrogen (secondary N) is 1. The summed E-state index contributed by atoms with van der Waals surface area (Å²) in [7, 11) is 0. The number of benzene rings is 2. The lowest BCUT2D eigenvalue weighted by molar-refractivity contribution is -0.113. The van der Waals surface area contributed by atoms with Crippen LogP contribution in [0.1, 0.15) is 22.9 Å². The molecule has 0 aliphatic heterocycles. The summed E-state index contributed by atoms with van der Waals surface area (Å²) in [5, 5.41) is 14.8. The van der Waals surface area contributed by atoms with Gasteiger partial charge < -0.3 is 9.88 Å². The number of hydrogen-bond acceptors (Lipinski definition) is 5. The van der Waals surface area contributed by atoms with Crippen molar-refractivity contribution < 1.29 is 4.79 Å². The van der Waals surface area contributed by atoms with E-state index in [2.05, 4.69) is 63.6 Å². The molecule has 0 spiro atoms. The molecule has 4 aromatic rings. The average molecular weight is 463 g/mol. The Morgan fingerprint density at radius 2 is 1.84 bits per heavy atom. The monoisotopic (exact) mass is 462 g/mol. The van der Waals surface area contributed by atoms with E-state index in [1.165, 1.54) is 27.8 Å². The van der Waals surface area contributed by atoms with Gasteiger partial charge in [-0.1, -0.05) is 54.2 Å². The Balaban J connectivity index is 1.55. The number of thioether (sulfide) groups is 1. The van der Waals surface area contributed by atoms with Crippen LogP contribution >= 0.6 is 23.1 Å². The fourth-order valence-corrected chi connectivity index (χ4v) is 5.33. The summed E-state index contributed by atoms with van der Waals surface area (Å²) in [4.78, 5) is 13.8. The van der Waals surface area contributed by atoms with Gasteiger partial charge in [0.25, 0.3) is 0 Å². The van der Waals surface area contributed by atoms with Gasteiger partial charge in [-0.3, -0.25) is 4.79 Å². The summed E-state index contributed by atoms with van der Waals surface area (Å²) < 4.78 is 2.09. The predicted molar refractivity (Wildman–Crippen MR) is 134 cm³/mol. The smallest absolute Gasteiger partial charge is 0.234 e. The minimum atomic E-state index is -0.0488. The van der Waals surface area contributed by atoms with E-state index in [1.807, 2.05) is 38.1 Å². The van der Waals surface area contributed by atoms with Crippen molar-refractivity contribution in [3.63, 3.8) is 0 Å². The molecular weight excluding hydrogens is 436 g/mol. The van der Waals surface area contributed by atoms with Crippen molar-refractivity contribution in [2.45, 2.75) is 39.4 Å². The Morgan fingerprint density at radius 1 is 1.06 bits per heavy atom. The molecule has 1 amide bonds. The number of nitrogens with zero attached hydrogens (tertiary/aromatic N) is 3. The molecule has 2 aromatic carbocycles. The molecule has 0 radical (unpaired) electrons. The Morgan fingerprint density at radius 3 is 2.59 bits per heavy atom. The number of anilines is 1. The molecule has 0 aliphatic rings. The zero-order chi connectivity index (χ0) is 22.7. The van der Waals surface area contributed by atoms with Crippen LogP contribution in [0.15, 0.2) is 59.1 Å². The molecule has 164 valence electrons. The van der Waals surface area contributed by atoms with E-state index in [-0.39, 0.29) is 11.7 Å². The number of thiophene rings is 1. The number of hydrogen-bond donors (Lipinski definition) is 1. The van der Waals surface area contributed by atoms with Crippen LogP contribution in [0.5, 0.6) is 0 Å². The molecule has 7 heteroatoms. The molecule has 5 nitrogen and oxygen atoms in total. The van der Waals surface area contributed by atoms with Crippen LogP contribution in [0.2, 0.25) is 0 Å². The standard InChI is InChI=1S/C25H26N4OS2/c1-5-29-24(20-14-31-18(4)23(20)19-11-7-6-8-12-19)27-28-25(29)32-15-22(30)26-21-13-9-10-16(2)17(21)3/h6-14H,5,15H2,1-4H3,(H,26,30). The number of rotatable bonds is 7. The second kappa shape index (κ2) is 9.71. The van der Waals surface area contributed by atoms with Gasteiger partial charge in [-0.05, 0) is 50.5 Å². The highest BCUT2D eigenvalue weighted by Crippen LogP contribution is 2.39. The van der Waals surface area contributed by atoms with Gasteiger partial charge in [0, 0.05) is 33.6 Å². The van der Waals surface area contributed by atoms with Crippen molar-refractivity contribution in [2.24, 2.45) is 0 Å². The number of aromatic nitrogens is 3. The SMILES string of the molecule is CCn1c(SCC(=O)Nc2cccc(C)c2C)nnc1-c1csc(C)c1-c1ccccc1. The van der Waals surface area contributed by atoms with Gasteiger partial charge >= 0.3 is 0 Å². The highest BCUT2D eigenvalue weighted by Gasteiger charge is 2.20. The van der Waals surface area contributed by atoms with E-state index >= 15 is 0 Å². The van der Waals surface area contributed by atoms with Crippen molar-refractivity contribution in [1.82, 2.24) is 14.8 Å². The first-order chi connectivity index (χ1) is 15.5. The zero-order valence-corrected chi connectivity index (χ0v) is 20.3. The third-order valence-corrected chi connectivity index (χ3v) is 7.40. The molecule has 1 N–H and O–H groups in total. The highest BCUT2D eigenvalue weighted by atomic mass is 32.2. The lowest BCUT2D eigenvalue weighted by atomic mass is 10.0. The van der Waals surface area contributed by atoms with E-state index in [1.54, 1.807) is 11.3 Å². The molecule has 2 heterocycles. The molecule has 0 aliphatic carbocycles. The number of carbonyl (C=O) groups excluding carboxylic acids is 1. The van der Waals surface area contributed by atoms with Crippen molar-refractivity contribution in [3.05, 3.63) is 69.9 Å². The quantitative estimate of drug-likeness (QED) is 0.325. The minimum Gasteiger partial charge on any atom is -0.325 e. The van der Waals surface area contributed by atoms with Crippen LogP contribution in [0.25, 0.3) is 22.5 Å². The van der Waals surface area contributed by atoms with Gasteiger partial charge in [-0.2, -0.15) is 0 Å². The van der Waals surface area contributed by atoms with Crippen LogP contribution < -0.4 is 5.32 Å². The second-order valence-electron chi connectivity index (χ2n) is 7.58. The van der Waals surface area contributed by atoms with Crippen LogP contribution in [0.3, 0.4) is 0 Å². The molecule has 2 aromatic heterocycles. The van der Waals surface area contributed by atoms with Gasteiger partial charge in [0.1, 0.15) is 0 Å². The van der Waals surface area contributed by atoms with E-state index in [4.69, 9.17) is 0 Å². The fourth-order valence-electron chi connectivity index (χ4n) is 3.67. The third-order valence-electron chi connectivity index (χ3n) is 5.52. The molecule has 0 bridgehead atoms. The van der Waals surface area contributed by atoms with E-state index in [0.717, 1.165) is 39.9 Å². The Hall–Kier alpha value is -2.90. The first kappa shape index (κ1) is 22.3. The summed E-state index contributed by atoms with van der Waals surface area (Å²) in [5.41, 5.74) is 6.56. The topological polar surface area (TPSA) is 59.8 Å². The maximum Gasteiger partial charge on any atom is 0.234 e. The highest BCUT2D eigenvalue weighted by molar-refractivity contribution is 7.99. The van der Waals surface area contributed by atoms with Gasteiger partial charge in [-0.15, -0.1) is 21.5 Å². The van der Waals surface area contributed by atoms with E-state index in [9.17, 15) is 4.79 Å². The predicted octanol–water partition coefficient (Wildman–Crippen LogP) is 6.35. The molecule has 0 atom stereocenters. The van der Waals surface area contributed by atoms with Crippen LogP contribution in [-0.2, 0) is 11.3 Å². The minimum absolute atomic E-state index is 0.0488. The maximum atomic E-state index is 12.6. The van der Waals surface area contributed by atoms with Crippen LogP contribution in [0.4, 0.5) is 5.69 Å². The van der Waals surface area contributed by atoms with Crippen molar-refractivity contribution >= 4 is 34.7 Å². The normalized spacial score (nSPS) is 11.0. The molecular formula is C25H26N4OS2. The number of amides is 1. The van der Waals surface area contributed by atoms with Gasteiger partial charge in [0.05, 0.1) is 5.75 Å². The molecule has 32 heavy (non-hydrogen) atoms. The largest absolute Gasteiger partial charge is 0.325 e. The number of aryl methyl sites for hydroxylation is 2. The van der Waals surface area contributed by atoms with Gasteiger partial charge in [0.2, 0.25) is 5.91 Å². The van der Waals surface area contributed by atoms with Crippen LogP contribution in [0, 0.1) is 20.8 Å². The number of carbonyl (C=O) groups is 1. The molecule has 0 saturated heterocycles. The molecule has 0 fully saturated rings. The van der Waals surface area contributed by atoms with Gasteiger partial charge in [-0.25, -0.2) is 0 Å². The molecule has 0 unspecified atom stereocenters. The Bertz CT molecular complexity index is 1240. The lowest BCUT2D eigenvalue weighted by Gasteiger charge is -2.11.